The summed E-state index contributed by atoms with van der Waals surface area (Å²) in [6.45, 7) is 0. The number of nitrogens with zero attached hydrogens (tertiary/aromatic N) is 1. The maximum absolute atomic E-state index is 12.9. The molecule has 4 rings (SSSR count). The zero-order chi connectivity index (χ0) is 16.9. The van der Waals surface area contributed by atoms with Crippen LogP contribution in [0.4, 0.5) is 24.5 Å². The molecule has 1 saturated carbocycles. The molecule has 1 aromatic heterocycles. The van der Waals surface area contributed by atoms with Gasteiger partial charge in [0.2, 0.25) is 5.88 Å². The molecule has 2 aromatic rings. The molecule has 0 spiro atoms. The first-order valence-electron chi connectivity index (χ1n) is 7.98. The van der Waals surface area contributed by atoms with Gasteiger partial charge < -0.3 is 10.1 Å². The first-order valence-corrected chi connectivity index (χ1v) is 7.98. The van der Waals surface area contributed by atoms with Gasteiger partial charge in [0.1, 0.15) is 0 Å². The summed E-state index contributed by atoms with van der Waals surface area (Å²) >= 11 is 0. The second-order valence-electron chi connectivity index (χ2n) is 6.42. The Bertz CT molecular complexity index is 788. The number of halogens is 3. The van der Waals surface area contributed by atoms with Crippen LogP contribution in [0.1, 0.15) is 47.8 Å². The maximum atomic E-state index is 12.9. The number of ether oxygens (including phenoxy) is 1. The number of anilines is 2. The first-order chi connectivity index (χ1) is 11.5. The molecule has 0 amide bonds. The fourth-order valence-electron chi connectivity index (χ4n) is 4.05. The highest BCUT2D eigenvalue weighted by Gasteiger charge is 2.41. The molecule has 0 radical (unpaired) electrons. The van der Waals surface area contributed by atoms with Crippen molar-refractivity contribution in [2.75, 3.05) is 12.4 Å². The molecule has 0 saturated heterocycles. The van der Waals surface area contributed by atoms with Gasteiger partial charge in [-0.15, -0.1) is 0 Å². The predicted octanol–water partition coefficient (Wildman–Crippen LogP) is 5.22. The van der Waals surface area contributed by atoms with E-state index in [1.807, 2.05) is 0 Å². The lowest BCUT2D eigenvalue weighted by Gasteiger charge is -2.21. The van der Waals surface area contributed by atoms with Crippen LogP contribution in [0.3, 0.4) is 0 Å². The topological polar surface area (TPSA) is 34.1 Å². The lowest BCUT2D eigenvalue weighted by Crippen LogP contribution is -2.08. The Labute approximate surface area is 137 Å². The zero-order valence-corrected chi connectivity index (χ0v) is 13.2. The summed E-state index contributed by atoms with van der Waals surface area (Å²) in [6, 6.07) is 5.25. The highest BCUT2D eigenvalue weighted by atomic mass is 19.4. The molecule has 0 aliphatic heterocycles. The van der Waals surface area contributed by atoms with Crippen LogP contribution in [0.5, 0.6) is 5.88 Å². The number of nitrogens with one attached hydrogen (secondary N) is 1. The molecule has 2 aliphatic rings. The van der Waals surface area contributed by atoms with Crippen LogP contribution in [0.25, 0.3) is 0 Å². The van der Waals surface area contributed by atoms with Gasteiger partial charge in [-0.05, 0) is 54.9 Å². The van der Waals surface area contributed by atoms with E-state index in [9.17, 15) is 13.2 Å². The number of alkyl halides is 3. The van der Waals surface area contributed by atoms with E-state index < -0.39 is 11.7 Å². The first kappa shape index (κ1) is 15.3. The molecule has 1 aromatic carbocycles. The molecule has 6 heteroatoms. The van der Waals surface area contributed by atoms with Crippen LogP contribution in [-0.4, -0.2) is 12.1 Å². The summed E-state index contributed by atoms with van der Waals surface area (Å²) in [5, 5.41) is 3.13. The van der Waals surface area contributed by atoms with Gasteiger partial charge in [0.25, 0.3) is 0 Å². The summed E-state index contributed by atoms with van der Waals surface area (Å²) in [4.78, 5) is 4.35. The van der Waals surface area contributed by atoms with Gasteiger partial charge in [-0.1, -0.05) is 6.07 Å². The van der Waals surface area contributed by atoms with Crippen molar-refractivity contribution in [2.45, 2.75) is 37.3 Å². The number of methoxy groups -OCH3 is 1. The smallest absolute Gasteiger partial charge is 0.416 e. The van der Waals surface area contributed by atoms with Crippen LogP contribution >= 0.6 is 0 Å². The lowest BCUT2D eigenvalue weighted by molar-refractivity contribution is -0.137. The van der Waals surface area contributed by atoms with Crippen molar-refractivity contribution in [1.29, 1.82) is 0 Å². The molecule has 3 nitrogen and oxygen atoms in total. The number of pyridine rings is 1. The molecule has 2 atom stereocenters. The molecule has 126 valence electrons. The van der Waals surface area contributed by atoms with Crippen LogP contribution in [-0.2, 0) is 6.18 Å². The maximum Gasteiger partial charge on any atom is 0.416 e. The Kier molecular flexibility index (Phi) is 3.44. The number of fused-ring (bicyclic) bond motifs is 5. The third-order valence-corrected chi connectivity index (χ3v) is 5.03. The van der Waals surface area contributed by atoms with Crippen molar-refractivity contribution in [1.82, 2.24) is 4.98 Å². The molecular weight excluding hydrogens is 317 g/mol. The molecule has 1 heterocycles. The molecule has 1 N–H and O–H groups in total. The van der Waals surface area contributed by atoms with Crippen LogP contribution in [0, 0.1) is 0 Å². The second kappa shape index (κ2) is 5.40. The number of hydrogen-bond donors (Lipinski definition) is 1. The Hall–Kier alpha value is -2.24. The van der Waals surface area contributed by atoms with E-state index in [0.29, 0.717) is 23.4 Å². The Morgan fingerprint density at radius 2 is 1.92 bits per heavy atom. The second-order valence-corrected chi connectivity index (χ2v) is 6.42. The molecule has 1 fully saturated rings. The predicted molar refractivity (Wildman–Crippen MR) is 84.8 cm³/mol. The highest BCUT2D eigenvalue weighted by Crippen LogP contribution is 2.57. The summed E-state index contributed by atoms with van der Waals surface area (Å²) in [6.07, 6.45) is 0.634. The van der Waals surface area contributed by atoms with E-state index in [-0.39, 0.29) is 0 Å². The highest BCUT2D eigenvalue weighted by molar-refractivity contribution is 5.69. The van der Waals surface area contributed by atoms with Crippen molar-refractivity contribution in [3.05, 3.63) is 47.2 Å². The third kappa shape index (κ3) is 2.41. The van der Waals surface area contributed by atoms with Gasteiger partial charge in [0, 0.05) is 11.3 Å². The quantitative estimate of drug-likeness (QED) is 0.836. The van der Waals surface area contributed by atoms with Crippen LogP contribution in [0.2, 0.25) is 0 Å². The number of aromatic nitrogens is 1. The third-order valence-electron chi connectivity index (χ3n) is 5.03. The van der Waals surface area contributed by atoms with Crippen molar-refractivity contribution < 1.29 is 17.9 Å². The Morgan fingerprint density at radius 1 is 1.17 bits per heavy atom. The summed E-state index contributed by atoms with van der Waals surface area (Å²) in [7, 11) is 1.61. The number of rotatable bonds is 3. The minimum atomic E-state index is -4.35. The van der Waals surface area contributed by atoms with Gasteiger partial charge in [0.15, 0.2) is 0 Å². The average Bonchev–Trinajstić information content (AvgIpc) is 3.17. The largest absolute Gasteiger partial charge is 0.481 e. The Balaban J connectivity index is 1.72. The van der Waals surface area contributed by atoms with Gasteiger partial charge in [0.05, 0.1) is 24.6 Å². The minimum absolute atomic E-state index is 0.418. The van der Waals surface area contributed by atoms with E-state index >= 15 is 0 Å². The van der Waals surface area contributed by atoms with Gasteiger partial charge in [-0.3, -0.25) is 0 Å². The fraction of sp³-hybridized carbons (Fsp3) is 0.389. The van der Waals surface area contributed by atoms with E-state index in [1.54, 1.807) is 19.4 Å². The summed E-state index contributed by atoms with van der Waals surface area (Å²) < 4.78 is 44.1. The Morgan fingerprint density at radius 3 is 2.62 bits per heavy atom. The molecule has 2 bridgehead atoms. The molecule has 2 unspecified atom stereocenters. The number of benzene rings is 1. The monoisotopic (exact) mass is 334 g/mol. The van der Waals surface area contributed by atoms with Crippen molar-refractivity contribution in [2.24, 2.45) is 0 Å². The van der Waals surface area contributed by atoms with Crippen molar-refractivity contribution in [3.63, 3.8) is 0 Å². The molecule has 2 aliphatic carbocycles. The van der Waals surface area contributed by atoms with E-state index in [1.165, 1.54) is 6.07 Å². The van der Waals surface area contributed by atoms with Gasteiger partial charge in [-0.25, -0.2) is 4.98 Å². The van der Waals surface area contributed by atoms with E-state index in [2.05, 4.69) is 10.3 Å². The summed E-state index contributed by atoms with van der Waals surface area (Å²) in [5.74, 6) is 1.54. The zero-order valence-electron chi connectivity index (χ0n) is 13.2. The standard InChI is InChI=1S/C18H17F3N2O/c1-24-17-16-11-6-5-10(7-11)15(16)14(9-22-17)23-13-4-2-3-12(8-13)18(19,20)21/h2-4,8-11,23H,5-7H2,1H3. The molecular formula is C18H17F3N2O. The van der Waals surface area contributed by atoms with Crippen molar-refractivity contribution >= 4 is 11.4 Å². The molecule has 24 heavy (non-hydrogen) atoms. The van der Waals surface area contributed by atoms with E-state index in [4.69, 9.17) is 4.74 Å². The average molecular weight is 334 g/mol. The number of hydrogen-bond acceptors (Lipinski definition) is 3. The van der Waals surface area contributed by atoms with Gasteiger partial charge >= 0.3 is 6.18 Å². The summed E-state index contributed by atoms with van der Waals surface area (Å²) in [5.41, 5.74) is 2.84. The minimum Gasteiger partial charge on any atom is -0.481 e. The van der Waals surface area contributed by atoms with Gasteiger partial charge in [-0.2, -0.15) is 13.2 Å². The fourth-order valence-corrected chi connectivity index (χ4v) is 4.05. The van der Waals surface area contributed by atoms with Crippen LogP contribution < -0.4 is 10.1 Å². The van der Waals surface area contributed by atoms with Crippen LogP contribution in [0.15, 0.2) is 30.5 Å². The van der Waals surface area contributed by atoms with Crippen molar-refractivity contribution in [3.8, 4) is 5.88 Å². The normalized spacial score (nSPS) is 21.7. The van der Waals surface area contributed by atoms with E-state index in [0.717, 1.165) is 48.2 Å². The SMILES string of the molecule is COc1ncc(Nc2cccc(C(F)(F)F)c2)c2c1C1CCC2C1. The lowest BCUT2D eigenvalue weighted by atomic mass is 9.91.